The molecule has 1 N–H and O–H groups in total. The highest BCUT2D eigenvalue weighted by molar-refractivity contribution is 5.73. The van der Waals surface area contributed by atoms with Crippen LogP contribution in [0.1, 0.15) is 56.1 Å². The monoisotopic (exact) mass is 303 g/mol. The van der Waals surface area contributed by atoms with Crippen LogP contribution in [0.5, 0.6) is 0 Å². The van der Waals surface area contributed by atoms with E-state index in [1.165, 1.54) is 24.1 Å². The molecule has 5 heteroatoms. The first-order valence-electron chi connectivity index (χ1n) is 8.47. The van der Waals surface area contributed by atoms with E-state index >= 15 is 0 Å². The van der Waals surface area contributed by atoms with Gasteiger partial charge in [-0.3, -0.25) is 4.79 Å². The van der Waals surface area contributed by atoms with Crippen molar-refractivity contribution in [1.29, 1.82) is 0 Å². The second-order valence-electron chi connectivity index (χ2n) is 6.36. The Hall–Kier alpha value is -1.65. The number of anilines is 1. The molecule has 5 nitrogen and oxygen atoms in total. The van der Waals surface area contributed by atoms with Gasteiger partial charge in [0.15, 0.2) is 0 Å². The first kappa shape index (κ1) is 15.3. The molecule has 0 aliphatic heterocycles. The fourth-order valence-corrected chi connectivity index (χ4v) is 3.62. The lowest BCUT2D eigenvalue weighted by Gasteiger charge is -2.21. The van der Waals surface area contributed by atoms with E-state index in [-0.39, 0.29) is 11.9 Å². The van der Waals surface area contributed by atoms with Crippen LogP contribution in [0.4, 0.5) is 5.82 Å². The minimum atomic E-state index is -0.0484. The molecule has 0 amide bonds. The molecular formula is C17H25N3O2. The summed E-state index contributed by atoms with van der Waals surface area (Å²) in [4.78, 5) is 21.1. The van der Waals surface area contributed by atoms with Crippen LogP contribution in [-0.2, 0) is 22.4 Å². The molecule has 1 saturated carbocycles. The molecule has 2 aliphatic rings. The number of aromatic nitrogens is 2. The third-order valence-electron chi connectivity index (χ3n) is 4.69. The van der Waals surface area contributed by atoms with E-state index < -0.39 is 0 Å². The van der Waals surface area contributed by atoms with Crippen LogP contribution < -0.4 is 5.32 Å². The lowest BCUT2D eigenvalue weighted by Crippen LogP contribution is -2.22. The van der Waals surface area contributed by atoms with Crippen LogP contribution in [-0.4, -0.2) is 28.6 Å². The van der Waals surface area contributed by atoms with Gasteiger partial charge in [0.25, 0.3) is 0 Å². The molecule has 2 atom stereocenters. The van der Waals surface area contributed by atoms with Gasteiger partial charge >= 0.3 is 5.97 Å². The summed E-state index contributed by atoms with van der Waals surface area (Å²) in [5.74, 6) is 1.82. The first-order valence-corrected chi connectivity index (χ1v) is 8.47. The van der Waals surface area contributed by atoms with E-state index in [0.29, 0.717) is 12.6 Å². The van der Waals surface area contributed by atoms with E-state index in [2.05, 4.69) is 15.3 Å². The Kier molecular flexibility index (Phi) is 4.60. The lowest BCUT2D eigenvalue weighted by atomic mass is 9.96. The number of esters is 1. The molecule has 3 rings (SSSR count). The van der Waals surface area contributed by atoms with Crippen molar-refractivity contribution in [2.24, 2.45) is 5.92 Å². The molecule has 0 bridgehead atoms. The van der Waals surface area contributed by atoms with E-state index in [0.717, 1.165) is 43.7 Å². The van der Waals surface area contributed by atoms with Gasteiger partial charge in [-0.1, -0.05) is 0 Å². The fraction of sp³-hybridized carbons (Fsp3) is 0.706. The largest absolute Gasteiger partial charge is 0.466 e. The maximum absolute atomic E-state index is 11.9. The first-order chi connectivity index (χ1) is 10.7. The van der Waals surface area contributed by atoms with Crippen molar-refractivity contribution < 1.29 is 9.53 Å². The van der Waals surface area contributed by atoms with Crippen LogP contribution in [0.3, 0.4) is 0 Å². The van der Waals surface area contributed by atoms with Crippen LogP contribution >= 0.6 is 0 Å². The average molecular weight is 303 g/mol. The fourth-order valence-electron chi connectivity index (χ4n) is 3.62. The Morgan fingerprint density at radius 3 is 2.91 bits per heavy atom. The quantitative estimate of drug-likeness (QED) is 0.867. The molecule has 120 valence electrons. The number of rotatable bonds is 4. The summed E-state index contributed by atoms with van der Waals surface area (Å²) in [6, 6.07) is 0.315. The van der Waals surface area contributed by atoms with Crippen LogP contribution in [0.2, 0.25) is 0 Å². The number of nitrogens with zero attached hydrogens (tertiary/aromatic N) is 2. The molecule has 2 aliphatic carbocycles. The lowest BCUT2D eigenvalue weighted by molar-refractivity contribution is -0.147. The van der Waals surface area contributed by atoms with Crippen molar-refractivity contribution in [3.05, 3.63) is 17.1 Å². The van der Waals surface area contributed by atoms with Crippen molar-refractivity contribution in [3.8, 4) is 0 Å². The minimum absolute atomic E-state index is 0.0382. The molecule has 2 unspecified atom stereocenters. The number of ether oxygens (including phenoxy) is 1. The molecule has 1 aromatic heterocycles. The van der Waals surface area contributed by atoms with Crippen molar-refractivity contribution in [2.45, 2.75) is 64.8 Å². The summed E-state index contributed by atoms with van der Waals surface area (Å²) in [5, 5.41) is 3.58. The third kappa shape index (κ3) is 3.23. The molecule has 22 heavy (non-hydrogen) atoms. The highest BCUT2D eigenvalue weighted by Crippen LogP contribution is 2.31. The maximum atomic E-state index is 11.9. The second kappa shape index (κ2) is 6.63. The minimum Gasteiger partial charge on any atom is -0.466 e. The zero-order valence-electron chi connectivity index (χ0n) is 13.5. The van der Waals surface area contributed by atoms with Gasteiger partial charge in [0.1, 0.15) is 11.6 Å². The highest BCUT2D eigenvalue weighted by Gasteiger charge is 2.31. The van der Waals surface area contributed by atoms with Gasteiger partial charge in [-0.05, 0) is 58.8 Å². The van der Waals surface area contributed by atoms with Gasteiger partial charge in [0, 0.05) is 17.3 Å². The van der Waals surface area contributed by atoms with Crippen LogP contribution in [0.25, 0.3) is 0 Å². The molecule has 0 saturated heterocycles. The number of fused-ring (bicyclic) bond motifs is 1. The summed E-state index contributed by atoms with van der Waals surface area (Å²) in [6.07, 6.45) is 7.30. The second-order valence-corrected chi connectivity index (χ2v) is 6.36. The summed E-state index contributed by atoms with van der Waals surface area (Å²) in [7, 11) is 0. The van der Waals surface area contributed by atoms with Crippen LogP contribution in [0, 0.1) is 12.8 Å². The van der Waals surface area contributed by atoms with Crippen molar-refractivity contribution in [2.75, 3.05) is 11.9 Å². The van der Waals surface area contributed by atoms with Gasteiger partial charge in [-0.25, -0.2) is 9.97 Å². The number of carbonyl (C=O) groups excluding carboxylic acids is 1. The number of nitrogens with one attached hydrogen (secondary N) is 1. The van der Waals surface area contributed by atoms with Gasteiger partial charge in [0.2, 0.25) is 0 Å². The van der Waals surface area contributed by atoms with Crippen LogP contribution in [0.15, 0.2) is 0 Å². The summed E-state index contributed by atoms with van der Waals surface area (Å²) >= 11 is 0. The molecule has 1 heterocycles. The number of aryl methyl sites for hydroxylation is 2. The molecular weight excluding hydrogens is 278 g/mol. The van der Waals surface area contributed by atoms with E-state index in [1.807, 2.05) is 13.8 Å². The van der Waals surface area contributed by atoms with Gasteiger partial charge < -0.3 is 10.1 Å². The predicted molar refractivity (Wildman–Crippen MR) is 84.8 cm³/mol. The zero-order chi connectivity index (χ0) is 15.5. The smallest absolute Gasteiger partial charge is 0.308 e. The Balaban J connectivity index is 1.69. The summed E-state index contributed by atoms with van der Waals surface area (Å²) in [6.45, 7) is 4.28. The summed E-state index contributed by atoms with van der Waals surface area (Å²) in [5.41, 5.74) is 2.50. The van der Waals surface area contributed by atoms with Gasteiger partial charge in [0.05, 0.1) is 12.5 Å². The Labute approximate surface area is 131 Å². The normalized spacial score (nSPS) is 23.9. The van der Waals surface area contributed by atoms with E-state index in [4.69, 9.17) is 4.74 Å². The Morgan fingerprint density at radius 2 is 2.09 bits per heavy atom. The maximum Gasteiger partial charge on any atom is 0.308 e. The standard InChI is InChI=1S/C17H25N3O2/c1-3-22-17(21)12-8-9-13(10-12)20-16-14-6-4-5-7-15(14)18-11(2)19-16/h12-13H,3-10H2,1-2H3,(H,18,19,20). The SMILES string of the molecule is CCOC(=O)C1CCC(Nc2nc(C)nc3c2CCCC3)C1. The molecule has 0 spiro atoms. The molecule has 1 aromatic rings. The van der Waals surface area contributed by atoms with Gasteiger partial charge in [-0.15, -0.1) is 0 Å². The Bertz CT molecular complexity index is 559. The topological polar surface area (TPSA) is 64.1 Å². The van der Waals surface area contributed by atoms with Crippen molar-refractivity contribution in [1.82, 2.24) is 9.97 Å². The molecule has 0 aromatic carbocycles. The predicted octanol–water partition coefficient (Wildman–Crippen LogP) is 2.81. The van der Waals surface area contributed by atoms with Crippen molar-refractivity contribution >= 4 is 11.8 Å². The zero-order valence-corrected chi connectivity index (χ0v) is 13.5. The molecule has 1 fully saturated rings. The summed E-state index contributed by atoms with van der Waals surface area (Å²) < 4.78 is 5.14. The van der Waals surface area contributed by atoms with Gasteiger partial charge in [-0.2, -0.15) is 0 Å². The number of hydrogen-bond donors (Lipinski definition) is 1. The van der Waals surface area contributed by atoms with E-state index in [1.54, 1.807) is 0 Å². The average Bonchev–Trinajstić information content (AvgIpc) is 2.96. The number of carbonyl (C=O) groups is 1. The van der Waals surface area contributed by atoms with E-state index in [9.17, 15) is 4.79 Å². The number of hydrogen-bond acceptors (Lipinski definition) is 5. The Morgan fingerprint density at radius 1 is 1.27 bits per heavy atom. The molecule has 0 radical (unpaired) electrons. The van der Waals surface area contributed by atoms with Crippen molar-refractivity contribution in [3.63, 3.8) is 0 Å². The third-order valence-corrected chi connectivity index (χ3v) is 4.69. The highest BCUT2D eigenvalue weighted by atomic mass is 16.5.